The molecule has 1 saturated heterocycles. The van der Waals surface area contributed by atoms with Crippen molar-refractivity contribution in [2.45, 2.75) is 38.0 Å². The highest BCUT2D eigenvalue weighted by Crippen LogP contribution is 2.38. The Bertz CT molecular complexity index is 743. The van der Waals surface area contributed by atoms with Gasteiger partial charge in [-0.25, -0.2) is 0 Å². The molecule has 8 nitrogen and oxygen atoms in total. The summed E-state index contributed by atoms with van der Waals surface area (Å²) < 4.78 is 5.35. The van der Waals surface area contributed by atoms with Gasteiger partial charge in [0.2, 0.25) is 17.7 Å². The summed E-state index contributed by atoms with van der Waals surface area (Å²) in [5.74, 6) is -1.60. The third-order valence-corrected chi connectivity index (χ3v) is 6.40. The van der Waals surface area contributed by atoms with Crippen LogP contribution in [-0.2, 0) is 19.1 Å². The van der Waals surface area contributed by atoms with Gasteiger partial charge in [-0.2, -0.15) is 0 Å². The molecule has 2 fully saturated rings. The molecule has 1 aliphatic carbocycles. The lowest BCUT2D eigenvalue weighted by Gasteiger charge is -2.27. The summed E-state index contributed by atoms with van der Waals surface area (Å²) in [7, 11) is 0. The van der Waals surface area contributed by atoms with Crippen LogP contribution in [0.25, 0.3) is 0 Å². The molecule has 0 bridgehead atoms. The van der Waals surface area contributed by atoms with E-state index in [4.69, 9.17) is 10.5 Å². The van der Waals surface area contributed by atoms with Crippen molar-refractivity contribution in [3.63, 3.8) is 0 Å². The molecule has 0 aromatic heterocycles. The minimum absolute atomic E-state index is 0.131. The van der Waals surface area contributed by atoms with E-state index in [0.29, 0.717) is 19.4 Å². The summed E-state index contributed by atoms with van der Waals surface area (Å²) in [5, 5.41) is 5.85. The first kappa shape index (κ1) is 23.2. The lowest BCUT2D eigenvalue weighted by molar-refractivity contribution is -0.141. The van der Waals surface area contributed by atoms with Gasteiger partial charge >= 0.3 is 0 Å². The first-order valence-electron chi connectivity index (χ1n) is 11.2. The van der Waals surface area contributed by atoms with Crippen LogP contribution >= 0.6 is 0 Å². The summed E-state index contributed by atoms with van der Waals surface area (Å²) in [6, 6.07) is 9.39. The molecule has 3 rings (SSSR count). The van der Waals surface area contributed by atoms with Crippen LogP contribution in [0.3, 0.4) is 0 Å². The van der Waals surface area contributed by atoms with Crippen LogP contribution in [0.2, 0.25) is 0 Å². The number of hydrogen-bond acceptors (Lipinski definition) is 5. The van der Waals surface area contributed by atoms with Gasteiger partial charge in [0, 0.05) is 26.2 Å². The molecule has 1 heterocycles. The van der Waals surface area contributed by atoms with E-state index in [-0.39, 0.29) is 18.4 Å². The topological polar surface area (TPSA) is 114 Å². The molecule has 2 aliphatic rings. The maximum Gasteiger partial charge on any atom is 0.235 e. The lowest BCUT2D eigenvalue weighted by atomic mass is 9.84. The van der Waals surface area contributed by atoms with Crippen LogP contribution < -0.4 is 16.4 Å². The molecule has 1 aliphatic heterocycles. The Kier molecular flexibility index (Phi) is 8.43. The summed E-state index contributed by atoms with van der Waals surface area (Å²) in [6.07, 6.45) is 3.41. The summed E-state index contributed by atoms with van der Waals surface area (Å²) in [5.41, 5.74) is 5.25. The predicted octanol–water partition coefficient (Wildman–Crippen LogP) is 0.771. The number of rotatable bonds is 10. The van der Waals surface area contributed by atoms with E-state index in [0.717, 1.165) is 57.7 Å². The molecule has 170 valence electrons. The number of carbonyl (C=O) groups is 3. The Hall–Kier alpha value is -2.45. The standard InChI is InChI=1S/C23H34N4O4/c24-21(29)23(9-4-5-10-23)22(30)26-17-19(18-7-2-1-3-8-18)20(28)25-11-6-12-27-13-15-31-16-14-27/h1-3,7-8,19H,4-6,9-17H2,(H2,24,29)(H,25,28)(H,26,30). The fraction of sp³-hybridized carbons (Fsp3) is 0.609. The van der Waals surface area contributed by atoms with E-state index in [9.17, 15) is 14.4 Å². The molecule has 1 saturated carbocycles. The zero-order chi connectivity index (χ0) is 22.1. The molecule has 1 unspecified atom stereocenters. The summed E-state index contributed by atoms with van der Waals surface area (Å²) >= 11 is 0. The van der Waals surface area contributed by atoms with Gasteiger partial charge < -0.3 is 21.1 Å². The van der Waals surface area contributed by atoms with E-state index in [1.54, 1.807) is 0 Å². The van der Waals surface area contributed by atoms with Crippen LogP contribution in [-0.4, -0.2) is 68.6 Å². The zero-order valence-electron chi connectivity index (χ0n) is 18.1. The van der Waals surface area contributed by atoms with Gasteiger partial charge in [0.1, 0.15) is 5.41 Å². The van der Waals surface area contributed by atoms with Crippen molar-refractivity contribution in [3.05, 3.63) is 35.9 Å². The first-order chi connectivity index (χ1) is 15.0. The number of primary amides is 1. The highest BCUT2D eigenvalue weighted by Gasteiger charge is 2.46. The van der Waals surface area contributed by atoms with Gasteiger partial charge in [-0.1, -0.05) is 43.2 Å². The van der Waals surface area contributed by atoms with Crippen molar-refractivity contribution in [1.82, 2.24) is 15.5 Å². The Balaban J connectivity index is 1.56. The fourth-order valence-corrected chi connectivity index (χ4v) is 4.44. The molecular weight excluding hydrogens is 396 g/mol. The van der Waals surface area contributed by atoms with Gasteiger partial charge in [-0.05, 0) is 31.4 Å². The zero-order valence-corrected chi connectivity index (χ0v) is 18.1. The predicted molar refractivity (Wildman–Crippen MR) is 117 cm³/mol. The summed E-state index contributed by atoms with van der Waals surface area (Å²) in [6.45, 7) is 4.98. The minimum atomic E-state index is -1.14. The maximum absolute atomic E-state index is 13.0. The number of nitrogens with one attached hydrogen (secondary N) is 2. The number of ether oxygens (including phenoxy) is 1. The lowest BCUT2D eigenvalue weighted by Crippen LogP contribution is -2.49. The molecule has 4 N–H and O–H groups in total. The normalized spacial score (nSPS) is 19.5. The third kappa shape index (κ3) is 6.04. The van der Waals surface area contributed by atoms with Crippen LogP contribution in [0.1, 0.15) is 43.6 Å². The average Bonchev–Trinajstić information content (AvgIpc) is 3.30. The summed E-state index contributed by atoms with van der Waals surface area (Å²) in [4.78, 5) is 40.1. The number of carbonyl (C=O) groups excluding carboxylic acids is 3. The van der Waals surface area contributed by atoms with Crippen LogP contribution in [0.15, 0.2) is 30.3 Å². The monoisotopic (exact) mass is 430 g/mol. The molecular formula is C23H34N4O4. The second kappa shape index (κ2) is 11.2. The van der Waals surface area contributed by atoms with Crippen LogP contribution in [0, 0.1) is 5.41 Å². The van der Waals surface area contributed by atoms with Gasteiger partial charge in [0.25, 0.3) is 0 Å². The van der Waals surface area contributed by atoms with Crippen molar-refractivity contribution in [2.75, 3.05) is 45.9 Å². The van der Waals surface area contributed by atoms with Crippen molar-refractivity contribution in [3.8, 4) is 0 Å². The molecule has 1 aromatic carbocycles. The number of nitrogens with zero attached hydrogens (tertiary/aromatic N) is 1. The molecule has 8 heteroatoms. The maximum atomic E-state index is 13.0. The van der Waals surface area contributed by atoms with Gasteiger partial charge in [0.15, 0.2) is 0 Å². The van der Waals surface area contributed by atoms with E-state index >= 15 is 0 Å². The second-order valence-electron chi connectivity index (χ2n) is 8.43. The number of hydrogen-bond donors (Lipinski definition) is 3. The minimum Gasteiger partial charge on any atom is -0.379 e. The quantitative estimate of drug-likeness (QED) is 0.375. The Morgan fingerprint density at radius 2 is 1.74 bits per heavy atom. The third-order valence-electron chi connectivity index (χ3n) is 6.40. The average molecular weight is 431 g/mol. The van der Waals surface area contributed by atoms with Gasteiger partial charge in [0.05, 0.1) is 19.1 Å². The Morgan fingerprint density at radius 1 is 1.06 bits per heavy atom. The van der Waals surface area contributed by atoms with E-state index in [2.05, 4.69) is 15.5 Å². The van der Waals surface area contributed by atoms with Gasteiger partial charge in [-0.15, -0.1) is 0 Å². The molecule has 0 radical (unpaired) electrons. The number of nitrogens with two attached hydrogens (primary N) is 1. The molecule has 3 amide bonds. The number of benzene rings is 1. The number of morpholine rings is 1. The molecule has 0 spiro atoms. The first-order valence-corrected chi connectivity index (χ1v) is 11.2. The number of amides is 3. The van der Waals surface area contributed by atoms with Crippen molar-refractivity contribution >= 4 is 17.7 Å². The highest BCUT2D eigenvalue weighted by atomic mass is 16.5. The Morgan fingerprint density at radius 3 is 2.39 bits per heavy atom. The largest absolute Gasteiger partial charge is 0.379 e. The molecule has 1 atom stereocenters. The molecule has 1 aromatic rings. The van der Waals surface area contributed by atoms with Crippen LogP contribution in [0.5, 0.6) is 0 Å². The van der Waals surface area contributed by atoms with Crippen molar-refractivity contribution in [2.24, 2.45) is 11.1 Å². The van der Waals surface area contributed by atoms with E-state index < -0.39 is 17.2 Å². The fourth-order valence-electron chi connectivity index (χ4n) is 4.44. The van der Waals surface area contributed by atoms with E-state index in [1.165, 1.54) is 0 Å². The SMILES string of the molecule is NC(=O)C1(C(=O)NCC(C(=O)NCCCN2CCOCC2)c2ccccc2)CCCC1. The van der Waals surface area contributed by atoms with Crippen molar-refractivity contribution < 1.29 is 19.1 Å². The molecule has 31 heavy (non-hydrogen) atoms. The van der Waals surface area contributed by atoms with Gasteiger partial charge in [-0.3, -0.25) is 19.3 Å². The Labute approximate surface area is 183 Å². The highest BCUT2D eigenvalue weighted by molar-refractivity contribution is 6.04. The van der Waals surface area contributed by atoms with E-state index in [1.807, 2.05) is 30.3 Å². The van der Waals surface area contributed by atoms with Crippen LogP contribution in [0.4, 0.5) is 0 Å². The second-order valence-corrected chi connectivity index (χ2v) is 8.43. The smallest absolute Gasteiger partial charge is 0.235 e. The van der Waals surface area contributed by atoms with Crippen molar-refractivity contribution in [1.29, 1.82) is 0 Å².